The monoisotopic (exact) mass is 278 g/mol. The summed E-state index contributed by atoms with van der Waals surface area (Å²) in [5.74, 6) is 0. The average Bonchev–Trinajstić information content (AvgIpc) is 2.45. The van der Waals surface area contributed by atoms with E-state index in [9.17, 15) is 26.3 Å². The summed E-state index contributed by atoms with van der Waals surface area (Å²) in [5, 5.41) is 0.983. The molecule has 1 N–H and O–H groups in total. The Bertz CT molecular complexity index is 380. The number of rotatable bonds is 3. The maximum absolute atomic E-state index is 12.2. The molecule has 0 aromatic carbocycles. The lowest BCUT2D eigenvalue weighted by Gasteiger charge is -2.06. The van der Waals surface area contributed by atoms with E-state index >= 15 is 0 Å². The van der Waals surface area contributed by atoms with Gasteiger partial charge in [-0.3, -0.25) is 0 Å². The summed E-state index contributed by atoms with van der Waals surface area (Å²) in [6, 6.07) is 0. The zero-order valence-electron chi connectivity index (χ0n) is 8.54. The van der Waals surface area contributed by atoms with Crippen molar-refractivity contribution < 1.29 is 26.3 Å². The molecule has 0 aliphatic rings. The van der Waals surface area contributed by atoms with Crippen LogP contribution in [0.2, 0.25) is 0 Å². The molecule has 0 aliphatic carbocycles. The lowest BCUT2D eigenvalue weighted by atomic mass is 10.4. The Morgan fingerprint density at radius 1 is 1.18 bits per heavy atom. The number of hydrogen-bond acceptors (Lipinski definition) is 3. The van der Waals surface area contributed by atoms with Crippen LogP contribution in [-0.4, -0.2) is 17.7 Å². The van der Waals surface area contributed by atoms with Crippen molar-refractivity contribution in [3.05, 3.63) is 15.6 Å². The molecule has 0 radical (unpaired) electrons. The van der Waals surface area contributed by atoms with Crippen molar-refractivity contribution in [2.75, 3.05) is 6.54 Å². The smallest absolute Gasteiger partial charge is 0.304 e. The number of aryl methyl sites for hydroxylation is 1. The second-order valence-electron chi connectivity index (χ2n) is 3.24. The SMILES string of the molecule is Cc1nc(C(F)(F)F)sc1CNCC(F)(F)F. The minimum Gasteiger partial charge on any atom is -0.304 e. The van der Waals surface area contributed by atoms with Crippen LogP contribution in [0.25, 0.3) is 0 Å². The van der Waals surface area contributed by atoms with Gasteiger partial charge in [0.05, 0.1) is 12.2 Å². The van der Waals surface area contributed by atoms with Crippen LogP contribution in [0.4, 0.5) is 26.3 Å². The fourth-order valence-electron chi connectivity index (χ4n) is 1.03. The van der Waals surface area contributed by atoms with Crippen molar-refractivity contribution >= 4 is 11.3 Å². The van der Waals surface area contributed by atoms with E-state index < -0.39 is 23.9 Å². The molecule has 17 heavy (non-hydrogen) atoms. The number of hydrogen-bond donors (Lipinski definition) is 1. The van der Waals surface area contributed by atoms with Crippen LogP contribution in [0.3, 0.4) is 0 Å². The molecule has 98 valence electrons. The Morgan fingerprint density at radius 3 is 2.18 bits per heavy atom. The molecule has 9 heteroatoms. The third-order valence-electron chi connectivity index (χ3n) is 1.75. The highest BCUT2D eigenvalue weighted by atomic mass is 32.1. The predicted octanol–water partition coefficient (Wildman–Crippen LogP) is 3.12. The first kappa shape index (κ1) is 14.2. The number of nitrogens with zero attached hydrogens (tertiary/aromatic N) is 1. The van der Waals surface area contributed by atoms with Crippen LogP contribution in [0.5, 0.6) is 0 Å². The largest absolute Gasteiger partial charge is 0.443 e. The fourth-order valence-corrected chi connectivity index (χ4v) is 1.93. The number of nitrogens with one attached hydrogen (secondary N) is 1. The molecule has 0 saturated heterocycles. The molecule has 0 aliphatic heterocycles. The van der Waals surface area contributed by atoms with Gasteiger partial charge in [-0.15, -0.1) is 11.3 Å². The van der Waals surface area contributed by atoms with Crippen LogP contribution >= 0.6 is 11.3 Å². The molecule has 1 rings (SSSR count). The Kier molecular flexibility index (Phi) is 4.03. The highest BCUT2D eigenvalue weighted by Crippen LogP contribution is 2.33. The highest BCUT2D eigenvalue weighted by molar-refractivity contribution is 7.11. The van der Waals surface area contributed by atoms with Crippen molar-refractivity contribution in [2.45, 2.75) is 25.8 Å². The van der Waals surface area contributed by atoms with Gasteiger partial charge in [0, 0.05) is 11.4 Å². The summed E-state index contributed by atoms with van der Waals surface area (Å²) in [7, 11) is 0. The van der Waals surface area contributed by atoms with Gasteiger partial charge < -0.3 is 5.32 Å². The van der Waals surface area contributed by atoms with E-state index in [1.165, 1.54) is 6.92 Å². The van der Waals surface area contributed by atoms with Gasteiger partial charge in [-0.2, -0.15) is 26.3 Å². The molecular formula is C8H8F6N2S. The van der Waals surface area contributed by atoms with Gasteiger partial charge in [-0.1, -0.05) is 0 Å². The zero-order chi connectivity index (χ0) is 13.3. The molecule has 0 amide bonds. The van der Waals surface area contributed by atoms with Crippen molar-refractivity contribution in [1.82, 2.24) is 10.3 Å². The molecule has 2 nitrogen and oxygen atoms in total. The van der Waals surface area contributed by atoms with Crippen LogP contribution in [0, 0.1) is 6.92 Å². The average molecular weight is 278 g/mol. The molecule has 0 bridgehead atoms. The summed E-state index contributed by atoms with van der Waals surface area (Å²) in [6.45, 7) is -0.193. The third kappa shape index (κ3) is 4.50. The first-order valence-corrected chi connectivity index (χ1v) is 5.22. The fraction of sp³-hybridized carbons (Fsp3) is 0.625. The normalized spacial score (nSPS) is 13.1. The van der Waals surface area contributed by atoms with E-state index in [2.05, 4.69) is 4.98 Å². The minimum absolute atomic E-state index is 0.0944. The van der Waals surface area contributed by atoms with Crippen molar-refractivity contribution in [3.63, 3.8) is 0 Å². The topological polar surface area (TPSA) is 24.9 Å². The summed E-state index contributed by atoms with van der Waals surface area (Å²) in [6.07, 6.45) is -8.94. The second kappa shape index (κ2) is 4.81. The van der Waals surface area contributed by atoms with Crippen molar-refractivity contribution in [3.8, 4) is 0 Å². The van der Waals surface area contributed by atoms with E-state index in [4.69, 9.17) is 0 Å². The maximum Gasteiger partial charge on any atom is 0.443 e. The van der Waals surface area contributed by atoms with Crippen molar-refractivity contribution in [2.24, 2.45) is 0 Å². The van der Waals surface area contributed by atoms with Gasteiger partial charge in [-0.05, 0) is 6.92 Å². The van der Waals surface area contributed by atoms with E-state index in [-0.39, 0.29) is 17.1 Å². The van der Waals surface area contributed by atoms with Crippen LogP contribution in [0.15, 0.2) is 0 Å². The Labute approximate surface area is 96.7 Å². The zero-order valence-corrected chi connectivity index (χ0v) is 9.35. The molecule has 0 spiro atoms. The summed E-state index contributed by atoms with van der Waals surface area (Å²) in [4.78, 5) is 3.42. The molecule has 1 aromatic rings. The van der Waals surface area contributed by atoms with Crippen molar-refractivity contribution in [1.29, 1.82) is 0 Å². The number of alkyl halides is 6. The number of halogens is 6. The molecular weight excluding hydrogens is 270 g/mol. The Hall–Kier alpha value is -0.830. The van der Waals surface area contributed by atoms with E-state index in [0.717, 1.165) is 0 Å². The summed E-state index contributed by atoms with van der Waals surface area (Å²) < 4.78 is 72.1. The standard InChI is InChI=1S/C8H8F6N2S/c1-4-5(2-15-3-7(9,10)11)17-6(16-4)8(12,13)14/h15H,2-3H2,1H3. The molecule has 1 heterocycles. The summed E-state index contributed by atoms with van der Waals surface area (Å²) >= 11 is 0.351. The van der Waals surface area contributed by atoms with Gasteiger partial charge >= 0.3 is 12.4 Å². The van der Waals surface area contributed by atoms with Gasteiger partial charge in [0.15, 0.2) is 5.01 Å². The second-order valence-corrected chi connectivity index (χ2v) is 4.33. The molecule has 0 fully saturated rings. The van der Waals surface area contributed by atoms with Crippen LogP contribution in [0.1, 0.15) is 15.6 Å². The summed E-state index contributed by atoms with van der Waals surface area (Å²) in [5.41, 5.74) is 0.0944. The predicted molar refractivity (Wildman–Crippen MR) is 49.6 cm³/mol. The van der Waals surface area contributed by atoms with Gasteiger partial charge in [-0.25, -0.2) is 4.98 Å². The van der Waals surface area contributed by atoms with E-state index in [1.54, 1.807) is 0 Å². The third-order valence-corrected chi connectivity index (χ3v) is 2.95. The molecule has 0 saturated carbocycles. The van der Waals surface area contributed by atoms with Crippen LogP contribution < -0.4 is 5.32 Å². The quantitative estimate of drug-likeness (QED) is 0.859. The Morgan fingerprint density at radius 2 is 1.76 bits per heavy atom. The van der Waals surface area contributed by atoms with Gasteiger partial charge in [0.1, 0.15) is 0 Å². The lowest BCUT2D eigenvalue weighted by molar-refractivity contribution is -0.137. The minimum atomic E-state index is -4.56. The lowest BCUT2D eigenvalue weighted by Crippen LogP contribution is -2.28. The molecule has 0 unspecified atom stereocenters. The molecule has 1 aromatic heterocycles. The molecule has 0 atom stereocenters. The number of thiazole rings is 1. The van der Waals surface area contributed by atoms with E-state index in [0.29, 0.717) is 11.3 Å². The first-order valence-electron chi connectivity index (χ1n) is 4.40. The maximum atomic E-state index is 12.2. The van der Waals surface area contributed by atoms with Gasteiger partial charge in [0.2, 0.25) is 0 Å². The highest BCUT2D eigenvalue weighted by Gasteiger charge is 2.35. The first-order chi connectivity index (χ1) is 7.59. The van der Waals surface area contributed by atoms with Gasteiger partial charge in [0.25, 0.3) is 0 Å². The Balaban J connectivity index is 2.64. The van der Waals surface area contributed by atoms with E-state index in [1.807, 2.05) is 5.32 Å². The number of aromatic nitrogens is 1. The van der Waals surface area contributed by atoms with Crippen LogP contribution in [-0.2, 0) is 12.7 Å².